The molecule has 2 amide bonds. The highest BCUT2D eigenvalue weighted by Gasteiger charge is 2.40. The number of benzene rings is 2. The Hall–Kier alpha value is -2.54. The van der Waals surface area contributed by atoms with Crippen LogP contribution in [0.1, 0.15) is 53.1 Å². The lowest BCUT2D eigenvalue weighted by Crippen LogP contribution is -2.35. The molecule has 0 spiro atoms. The molecule has 0 aromatic heterocycles. The van der Waals surface area contributed by atoms with Crippen LogP contribution in [0.4, 0.5) is 4.39 Å². The molecule has 0 saturated heterocycles. The van der Waals surface area contributed by atoms with Crippen molar-refractivity contribution in [1.82, 2.24) is 4.90 Å². The van der Waals surface area contributed by atoms with Crippen molar-refractivity contribution in [2.24, 2.45) is 0 Å². The van der Waals surface area contributed by atoms with Gasteiger partial charge in [-0.25, -0.2) is 4.39 Å². The van der Waals surface area contributed by atoms with Gasteiger partial charge >= 0.3 is 0 Å². The van der Waals surface area contributed by atoms with Crippen molar-refractivity contribution < 1.29 is 23.5 Å². The number of hydrogen-bond donors (Lipinski definition) is 0. The van der Waals surface area contributed by atoms with E-state index >= 15 is 0 Å². The summed E-state index contributed by atoms with van der Waals surface area (Å²) in [4.78, 5) is 26.9. The fourth-order valence-electron chi connectivity index (χ4n) is 3.16. The summed E-state index contributed by atoms with van der Waals surface area (Å²) in [7, 11) is 1.55. The minimum absolute atomic E-state index is 0.102. The number of rotatable bonds is 7. The Labute approximate surface area is 175 Å². The Morgan fingerprint density at radius 2 is 1.72 bits per heavy atom. The number of ether oxygens (including phenoxy) is 2. The first-order valence-corrected chi connectivity index (χ1v) is 10.9. The van der Waals surface area contributed by atoms with Crippen LogP contribution in [-0.2, 0) is 0 Å². The van der Waals surface area contributed by atoms with Crippen molar-refractivity contribution in [1.29, 1.82) is 0 Å². The summed E-state index contributed by atoms with van der Waals surface area (Å²) >= 11 is 1.51. The number of imide groups is 1. The first kappa shape index (κ1) is 22.7. The molecule has 3 rings (SSSR count). The Balaban J connectivity index is 0.00000145. The number of halogens is 1. The monoisotopic (exact) mass is 419 g/mol. The minimum Gasteiger partial charge on any atom is -0.493 e. The van der Waals surface area contributed by atoms with Crippen LogP contribution in [0.5, 0.6) is 11.5 Å². The molecule has 156 valence electrons. The zero-order valence-electron chi connectivity index (χ0n) is 17.3. The average molecular weight is 420 g/mol. The summed E-state index contributed by atoms with van der Waals surface area (Å²) in [6.45, 7) is 6.32. The summed E-state index contributed by atoms with van der Waals surface area (Å²) in [5.41, 5.74) is 1.08. The largest absolute Gasteiger partial charge is 0.493 e. The average Bonchev–Trinajstić information content (AvgIpc) is 2.97. The van der Waals surface area contributed by atoms with Gasteiger partial charge in [0, 0.05) is 5.75 Å². The SMILES string of the molecule is CC.CCOc1cc(C(CSC)N2C(=O)c3ccc(F)cc3C2=O)ccc1OC. The predicted molar refractivity (Wildman–Crippen MR) is 114 cm³/mol. The standard InChI is InChI=1S/C20H20FNO4S.C2H6/c1-4-26-18-9-12(5-8-17(18)25-2)16(11-27-3)22-19(23)14-7-6-13(21)10-15(14)20(22)24;1-2/h5-10,16H,4,11H2,1-3H3;1-2H3. The van der Waals surface area contributed by atoms with E-state index in [4.69, 9.17) is 9.47 Å². The molecule has 0 radical (unpaired) electrons. The molecule has 0 saturated carbocycles. The van der Waals surface area contributed by atoms with Gasteiger partial charge in [-0.05, 0) is 49.1 Å². The maximum Gasteiger partial charge on any atom is 0.262 e. The van der Waals surface area contributed by atoms with Crippen molar-refractivity contribution in [3.05, 3.63) is 58.9 Å². The smallest absolute Gasteiger partial charge is 0.262 e. The molecule has 1 unspecified atom stereocenters. The van der Waals surface area contributed by atoms with Crippen LogP contribution in [0.2, 0.25) is 0 Å². The van der Waals surface area contributed by atoms with Gasteiger partial charge in [0.2, 0.25) is 0 Å². The molecule has 0 aliphatic carbocycles. The van der Waals surface area contributed by atoms with Gasteiger partial charge in [0.15, 0.2) is 11.5 Å². The third kappa shape index (κ3) is 4.56. The summed E-state index contributed by atoms with van der Waals surface area (Å²) < 4.78 is 24.5. The molecular formula is C22H26FNO4S. The van der Waals surface area contributed by atoms with E-state index in [2.05, 4.69) is 0 Å². The number of nitrogens with zero attached hydrogens (tertiary/aromatic N) is 1. The highest BCUT2D eigenvalue weighted by Crippen LogP contribution is 2.37. The summed E-state index contributed by atoms with van der Waals surface area (Å²) in [5.74, 6) is 0.192. The maximum atomic E-state index is 13.6. The van der Waals surface area contributed by atoms with E-state index in [0.29, 0.717) is 23.9 Å². The first-order chi connectivity index (χ1) is 14.0. The van der Waals surface area contributed by atoms with E-state index in [-0.39, 0.29) is 11.1 Å². The van der Waals surface area contributed by atoms with Crippen LogP contribution >= 0.6 is 11.8 Å². The summed E-state index contributed by atoms with van der Waals surface area (Å²) in [6, 6.07) is 8.52. The number of thioether (sulfide) groups is 1. The third-order valence-electron chi connectivity index (χ3n) is 4.39. The van der Waals surface area contributed by atoms with Crippen LogP contribution < -0.4 is 9.47 Å². The number of carbonyl (C=O) groups excluding carboxylic acids is 2. The molecule has 0 fully saturated rings. The van der Waals surface area contributed by atoms with Crippen molar-refractivity contribution >= 4 is 23.6 Å². The van der Waals surface area contributed by atoms with Gasteiger partial charge in [-0.3, -0.25) is 14.5 Å². The van der Waals surface area contributed by atoms with Gasteiger partial charge in [-0.15, -0.1) is 0 Å². The van der Waals surface area contributed by atoms with Gasteiger partial charge in [0.1, 0.15) is 5.82 Å². The molecule has 7 heteroatoms. The van der Waals surface area contributed by atoms with Crippen molar-refractivity contribution in [2.45, 2.75) is 26.8 Å². The van der Waals surface area contributed by atoms with Gasteiger partial charge in [0.05, 0.1) is 30.9 Å². The van der Waals surface area contributed by atoms with E-state index in [0.717, 1.165) is 11.6 Å². The third-order valence-corrected chi connectivity index (χ3v) is 5.04. The number of carbonyl (C=O) groups is 2. The lowest BCUT2D eigenvalue weighted by molar-refractivity contribution is 0.0598. The second-order valence-corrected chi connectivity index (χ2v) is 6.90. The van der Waals surface area contributed by atoms with Crippen molar-refractivity contribution in [2.75, 3.05) is 25.7 Å². The van der Waals surface area contributed by atoms with E-state index in [1.54, 1.807) is 19.2 Å². The van der Waals surface area contributed by atoms with Gasteiger partial charge in [-0.1, -0.05) is 19.9 Å². The lowest BCUT2D eigenvalue weighted by Gasteiger charge is -2.26. The normalized spacial score (nSPS) is 13.5. The van der Waals surface area contributed by atoms with Crippen LogP contribution in [0, 0.1) is 5.82 Å². The summed E-state index contributed by atoms with van der Waals surface area (Å²) in [6.07, 6.45) is 1.90. The Kier molecular flexibility index (Phi) is 8.08. The number of amides is 2. The zero-order chi connectivity index (χ0) is 21.6. The lowest BCUT2D eigenvalue weighted by atomic mass is 10.1. The molecule has 5 nitrogen and oxygen atoms in total. The number of fused-ring (bicyclic) bond motifs is 1. The van der Waals surface area contributed by atoms with Gasteiger partial charge in [0.25, 0.3) is 11.8 Å². The fraction of sp³-hybridized carbons (Fsp3) is 0.364. The quantitative estimate of drug-likeness (QED) is 0.594. The van der Waals surface area contributed by atoms with Crippen LogP contribution in [0.15, 0.2) is 36.4 Å². The van der Waals surface area contributed by atoms with E-state index in [1.165, 1.54) is 28.8 Å². The molecule has 0 bridgehead atoms. The molecule has 1 heterocycles. The van der Waals surface area contributed by atoms with Crippen LogP contribution in [0.25, 0.3) is 0 Å². The van der Waals surface area contributed by atoms with Crippen LogP contribution in [-0.4, -0.2) is 42.4 Å². The number of hydrogen-bond acceptors (Lipinski definition) is 5. The van der Waals surface area contributed by atoms with E-state index in [1.807, 2.05) is 33.1 Å². The number of methoxy groups -OCH3 is 1. The Morgan fingerprint density at radius 3 is 2.34 bits per heavy atom. The van der Waals surface area contributed by atoms with Crippen LogP contribution in [0.3, 0.4) is 0 Å². The first-order valence-electron chi connectivity index (χ1n) is 9.48. The minimum atomic E-state index is -0.541. The highest BCUT2D eigenvalue weighted by molar-refractivity contribution is 7.98. The highest BCUT2D eigenvalue weighted by atomic mass is 32.2. The maximum absolute atomic E-state index is 13.6. The Bertz CT molecular complexity index is 887. The van der Waals surface area contributed by atoms with E-state index in [9.17, 15) is 14.0 Å². The van der Waals surface area contributed by atoms with Gasteiger partial charge in [-0.2, -0.15) is 11.8 Å². The second-order valence-electron chi connectivity index (χ2n) is 5.98. The topological polar surface area (TPSA) is 55.8 Å². The molecule has 0 N–H and O–H groups in total. The van der Waals surface area contributed by atoms with Gasteiger partial charge < -0.3 is 9.47 Å². The molecular weight excluding hydrogens is 393 g/mol. The fourth-order valence-corrected chi connectivity index (χ4v) is 3.82. The molecule has 1 aliphatic rings. The van der Waals surface area contributed by atoms with Crippen molar-refractivity contribution in [3.63, 3.8) is 0 Å². The van der Waals surface area contributed by atoms with Crippen molar-refractivity contribution in [3.8, 4) is 11.5 Å². The summed E-state index contributed by atoms with van der Waals surface area (Å²) in [5, 5.41) is 0. The zero-order valence-corrected chi connectivity index (χ0v) is 18.1. The predicted octanol–water partition coefficient (Wildman–Crippen LogP) is 4.96. The molecule has 1 atom stereocenters. The molecule has 2 aromatic rings. The van der Waals surface area contributed by atoms with E-state index < -0.39 is 23.7 Å². The second kappa shape index (κ2) is 10.3. The molecule has 1 aliphatic heterocycles. The molecule has 29 heavy (non-hydrogen) atoms. The Morgan fingerprint density at radius 1 is 1.03 bits per heavy atom. The molecule has 2 aromatic carbocycles.